The standard InChI is InChI=1S/C71H121NO8/c1-3-5-7-9-11-13-15-17-19-21-23-25-26-27-28-29-30-31-32-33-34-35-36-37-38-39-40-41-43-45-47-49-51-53-55-57-59-61-67(75)72-64(63-79-71-70(78)69(77)68(76)66(62-73)80-71)65(74)60-58-56-54-52-50-48-46-44-42-24-22-20-18-16-14-12-10-8-6-4-2/h5,7,11,13,17,19,23,25,27-28,30-31,33-34,36-37,39-40,43,45,64-66,68-71,73-74,76-78H,3-4,6,8-10,12,14-16,18,20-22,24,26,29,32,35,38,41-42,44,46-63H2,1-2H3,(H,72,75)/b7-5-,13-11-,19-17-,25-23-,28-27-,31-30-,34-33-,37-36-,40-39-,45-43-. The topological polar surface area (TPSA) is 149 Å². The summed E-state index contributed by atoms with van der Waals surface area (Å²) in [6.45, 7) is 3.73. The molecule has 7 atom stereocenters. The maximum atomic E-state index is 13.1. The van der Waals surface area contributed by atoms with Crippen molar-refractivity contribution in [1.29, 1.82) is 0 Å². The predicted molar refractivity (Wildman–Crippen MR) is 340 cm³/mol. The summed E-state index contributed by atoms with van der Waals surface area (Å²) in [4.78, 5) is 13.1. The van der Waals surface area contributed by atoms with Crippen molar-refractivity contribution in [2.45, 2.75) is 307 Å². The Kier molecular flexibility index (Phi) is 54.8. The number of carbonyl (C=O) groups excluding carboxylic acids is 1. The van der Waals surface area contributed by atoms with Crippen LogP contribution in [0.5, 0.6) is 0 Å². The van der Waals surface area contributed by atoms with Gasteiger partial charge in [-0.3, -0.25) is 4.79 Å². The number of amides is 1. The molecule has 1 aliphatic heterocycles. The van der Waals surface area contributed by atoms with Gasteiger partial charge in [0.25, 0.3) is 0 Å². The highest BCUT2D eigenvalue weighted by Gasteiger charge is 2.44. The molecule has 0 spiro atoms. The normalized spacial score (nSPS) is 19.3. The van der Waals surface area contributed by atoms with E-state index in [-0.39, 0.29) is 12.5 Å². The third-order valence-corrected chi connectivity index (χ3v) is 14.8. The molecule has 6 N–H and O–H groups in total. The summed E-state index contributed by atoms with van der Waals surface area (Å²) in [6, 6.07) is -0.737. The Labute approximate surface area is 490 Å². The minimum Gasteiger partial charge on any atom is -0.394 e. The second-order valence-corrected chi connectivity index (χ2v) is 22.2. The van der Waals surface area contributed by atoms with Gasteiger partial charge in [-0.2, -0.15) is 0 Å². The van der Waals surface area contributed by atoms with E-state index in [1.165, 1.54) is 109 Å². The first-order chi connectivity index (χ1) is 39.3. The Balaban J connectivity index is 2.18. The fourth-order valence-electron chi connectivity index (χ4n) is 9.72. The van der Waals surface area contributed by atoms with E-state index >= 15 is 0 Å². The van der Waals surface area contributed by atoms with Gasteiger partial charge >= 0.3 is 0 Å². The Morgan fingerprint density at radius 2 is 0.775 bits per heavy atom. The van der Waals surface area contributed by atoms with Gasteiger partial charge in [0.2, 0.25) is 5.91 Å². The van der Waals surface area contributed by atoms with Crippen LogP contribution in [-0.4, -0.2) is 87.5 Å². The summed E-state index contributed by atoms with van der Waals surface area (Å²) in [5, 5.41) is 54.8. The highest BCUT2D eigenvalue weighted by Crippen LogP contribution is 2.23. The van der Waals surface area contributed by atoms with Gasteiger partial charge in [0, 0.05) is 6.42 Å². The van der Waals surface area contributed by atoms with Gasteiger partial charge in [-0.25, -0.2) is 0 Å². The van der Waals surface area contributed by atoms with E-state index in [2.05, 4.69) is 141 Å². The van der Waals surface area contributed by atoms with Gasteiger partial charge < -0.3 is 40.3 Å². The van der Waals surface area contributed by atoms with Crippen molar-refractivity contribution in [3.05, 3.63) is 122 Å². The van der Waals surface area contributed by atoms with Crippen LogP contribution >= 0.6 is 0 Å². The fraction of sp³-hybridized carbons (Fsp3) is 0.704. The summed E-state index contributed by atoms with van der Waals surface area (Å²) in [5.41, 5.74) is 0. The molecule has 9 nitrogen and oxygen atoms in total. The van der Waals surface area contributed by atoms with Gasteiger partial charge in [0.15, 0.2) is 6.29 Å². The zero-order valence-corrected chi connectivity index (χ0v) is 51.0. The predicted octanol–water partition coefficient (Wildman–Crippen LogP) is 17.5. The van der Waals surface area contributed by atoms with Crippen molar-refractivity contribution in [2.24, 2.45) is 0 Å². The molecule has 1 heterocycles. The fourth-order valence-corrected chi connectivity index (χ4v) is 9.72. The van der Waals surface area contributed by atoms with E-state index in [0.717, 1.165) is 128 Å². The van der Waals surface area contributed by atoms with Crippen molar-refractivity contribution < 1.29 is 39.8 Å². The molecule has 458 valence electrons. The van der Waals surface area contributed by atoms with Crippen molar-refractivity contribution in [3.63, 3.8) is 0 Å². The second-order valence-electron chi connectivity index (χ2n) is 22.2. The van der Waals surface area contributed by atoms with E-state index in [4.69, 9.17) is 9.47 Å². The maximum Gasteiger partial charge on any atom is 0.220 e. The highest BCUT2D eigenvalue weighted by molar-refractivity contribution is 5.76. The van der Waals surface area contributed by atoms with Crippen molar-refractivity contribution in [2.75, 3.05) is 13.2 Å². The lowest BCUT2D eigenvalue weighted by Gasteiger charge is -2.40. The molecular formula is C71H121NO8. The van der Waals surface area contributed by atoms with E-state index in [9.17, 15) is 30.3 Å². The molecule has 1 amide bonds. The van der Waals surface area contributed by atoms with Gasteiger partial charge in [0.1, 0.15) is 24.4 Å². The molecule has 9 heteroatoms. The Morgan fingerprint density at radius 3 is 1.15 bits per heavy atom. The lowest BCUT2D eigenvalue weighted by Crippen LogP contribution is -2.60. The number of hydrogen-bond acceptors (Lipinski definition) is 8. The summed E-state index contributed by atoms with van der Waals surface area (Å²) in [5.74, 6) is -0.161. The first-order valence-corrected chi connectivity index (χ1v) is 32.7. The largest absolute Gasteiger partial charge is 0.394 e. The molecule has 0 radical (unpaired) electrons. The summed E-state index contributed by atoms with van der Waals surface area (Å²) in [6.07, 6.45) is 80.9. The molecule has 80 heavy (non-hydrogen) atoms. The van der Waals surface area contributed by atoms with E-state index in [0.29, 0.717) is 12.8 Å². The molecule has 1 aliphatic rings. The van der Waals surface area contributed by atoms with Crippen LogP contribution in [0.1, 0.15) is 264 Å². The van der Waals surface area contributed by atoms with Crippen molar-refractivity contribution >= 4 is 5.91 Å². The number of ether oxygens (including phenoxy) is 2. The zero-order chi connectivity index (χ0) is 57.9. The first kappa shape index (κ1) is 74.6. The van der Waals surface area contributed by atoms with Crippen LogP contribution < -0.4 is 5.32 Å². The average molecular weight is 1120 g/mol. The Bertz CT molecular complexity index is 1670. The van der Waals surface area contributed by atoms with Gasteiger partial charge in [-0.05, 0) is 89.9 Å². The van der Waals surface area contributed by atoms with Gasteiger partial charge in [-0.1, -0.05) is 289 Å². The van der Waals surface area contributed by atoms with Crippen LogP contribution in [-0.2, 0) is 14.3 Å². The average Bonchev–Trinajstić information content (AvgIpc) is 3.46. The Hall–Kier alpha value is -3.41. The van der Waals surface area contributed by atoms with Gasteiger partial charge in [0.05, 0.1) is 25.4 Å². The molecular weight excluding hydrogens is 995 g/mol. The molecule has 7 unspecified atom stereocenters. The van der Waals surface area contributed by atoms with E-state index in [1.54, 1.807) is 0 Å². The number of rotatable bonds is 55. The van der Waals surface area contributed by atoms with Crippen LogP contribution in [0.25, 0.3) is 0 Å². The third-order valence-electron chi connectivity index (χ3n) is 14.8. The maximum absolute atomic E-state index is 13.1. The number of hydrogen-bond donors (Lipinski definition) is 6. The number of unbranched alkanes of at least 4 members (excludes halogenated alkanes) is 25. The summed E-state index contributed by atoms with van der Waals surface area (Å²) < 4.78 is 11.3. The molecule has 0 bridgehead atoms. The summed E-state index contributed by atoms with van der Waals surface area (Å²) in [7, 11) is 0. The number of nitrogens with one attached hydrogen (secondary N) is 1. The SMILES string of the molecule is CC/C=C\C/C=C\C/C=C\C/C=C\C/C=C\C/C=C\C/C=C\C/C=C\C/C=C\C/C=C\CCCCCCCCC(=O)NC(COC1OC(CO)C(O)C(O)C1O)C(O)CCCCCCCCCCCCCCCCCCCCCC. The van der Waals surface area contributed by atoms with Crippen LogP contribution in [0.4, 0.5) is 0 Å². The monoisotopic (exact) mass is 1120 g/mol. The molecule has 0 aromatic carbocycles. The molecule has 0 aromatic rings. The van der Waals surface area contributed by atoms with Gasteiger partial charge in [-0.15, -0.1) is 0 Å². The minimum absolute atomic E-state index is 0.150. The van der Waals surface area contributed by atoms with Crippen LogP contribution in [0, 0.1) is 0 Å². The number of aliphatic hydroxyl groups excluding tert-OH is 5. The van der Waals surface area contributed by atoms with E-state index < -0.39 is 49.5 Å². The zero-order valence-electron chi connectivity index (χ0n) is 51.0. The van der Waals surface area contributed by atoms with Crippen molar-refractivity contribution in [3.8, 4) is 0 Å². The van der Waals surface area contributed by atoms with Crippen molar-refractivity contribution in [1.82, 2.24) is 5.32 Å². The number of carbonyl (C=O) groups is 1. The second kappa shape index (κ2) is 58.8. The minimum atomic E-state index is -1.56. The number of aliphatic hydroxyl groups is 5. The lowest BCUT2D eigenvalue weighted by atomic mass is 9.99. The quantitative estimate of drug-likeness (QED) is 0.0261. The highest BCUT2D eigenvalue weighted by atomic mass is 16.7. The Morgan fingerprint density at radius 1 is 0.438 bits per heavy atom. The molecule has 1 rings (SSSR count). The van der Waals surface area contributed by atoms with Crippen LogP contribution in [0.2, 0.25) is 0 Å². The van der Waals surface area contributed by atoms with E-state index in [1.807, 2.05) is 0 Å². The first-order valence-electron chi connectivity index (χ1n) is 32.7. The molecule has 0 saturated carbocycles. The molecule has 0 aliphatic carbocycles. The van der Waals surface area contributed by atoms with Crippen LogP contribution in [0.15, 0.2) is 122 Å². The molecule has 0 aromatic heterocycles. The van der Waals surface area contributed by atoms with Crippen LogP contribution in [0.3, 0.4) is 0 Å². The summed E-state index contributed by atoms with van der Waals surface area (Å²) >= 11 is 0. The number of allylic oxidation sites excluding steroid dienone is 20. The lowest BCUT2D eigenvalue weighted by molar-refractivity contribution is -0.302. The smallest absolute Gasteiger partial charge is 0.220 e. The molecule has 1 saturated heterocycles. The molecule has 1 fully saturated rings. The third kappa shape index (κ3) is 47.1.